The second kappa shape index (κ2) is 7.07. The highest BCUT2D eigenvalue weighted by Gasteiger charge is 2.31. The van der Waals surface area contributed by atoms with E-state index in [-0.39, 0.29) is 5.91 Å². The van der Waals surface area contributed by atoms with Crippen LogP contribution in [0.4, 0.5) is 5.69 Å². The zero-order chi connectivity index (χ0) is 18.0. The number of methoxy groups -OCH3 is 1. The molecule has 3 rings (SSSR count). The van der Waals surface area contributed by atoms with E-state index in [0.717, 1.165) is 22.0 Å². The van der Waals surface area contributed by atoms with Gasteiger partial charge in [-0.05, 0) is 36.2 Å². The van der Waals surface area contributed by atoms with Crippen molar-refractivity contribution in [3.8, 4) is 0 Å². The van der Waals surface area contributed by atoms with Crippen molar-refractivity contribution >= 4 is 39.7 Å². The maximum atomic E-state index is 13.2. The molecule has 1 aromatic heterocycles. The van der Waals surface area contributed by atoms with Crippen molar-refractivity contribution in [2.45, 2.75) is 19.9 Å². The number of ether oxygens (including phenoxy) is 1. The number of aryl methyl sites for hydroxylation is 1. The molecular formula is C20H19NO3S. The molecule has 0 aliphatic carbocycles. The summed E-state index contributed by atoms with van der Waals surface area (Å²) in [7, 11) is 1.34. The highest BCUT2D eigenvalue weighted by Crippen LogP contribution is 2.33. The van der Waals surface area contributed by atoms with Crippen LogP contribution >= 0.6 is 11.3 Å². The predicted octanol–water partition coefficient (Wildman–Crippen LogP) is 4.42. The summed E-state index contributed by atoms with van der Waals surface area (Å²) < 4.78 is 4.90. The van der Waals surface area contributed by atoms with Gasteiger partial charge in [0.1, 0.15) is 6.04 Å². The molecule has 0 bridgehead atoms. The van der Waals surface area contributed by atoms with E-state index < -0.39 is 12.0 Å². The smallest absolute Gasteiger partial charge is 0.328 e. The second-order valence-electron chi connectivity index (χ2n) is 5.80. The number of carbonyl (C=O) groups excluding carboxylic acids is 2. The van der Waals surface area contributed by atoms with Gasteiger partial charge in [0, 0.05) is 5.39 Å². The van der Waals surface area contributed by atoms with Gasteiger partial charge in [0.15, 0.2) is 0 Å². The van der Waals surface area contributed by atoms with Gasteiger partial charge in [-0.2, -0.15) is 0 Å². The predicted molar refractivity (Wildman–Crippen MR) is 101 cm³/mol. The molecule has 1 heterocycles. The molecule has 0 aliphatic rings. The van der Waals surface area contributed by atoms with Gasteiger partial charge in [-0.1, -0.05) is 42.5 Å². The number of amides is 1. The van der Waals surface area contributed by atoms with E-state index in [1.807, 2.05) is 54.8 Å². The molecule has 3 aromatic rings. The first-order valence-electron chi connectivity index (χ1n) is 7.98. The Kier molecular flexibility index (Phi) is 4.86. The van der Waals surface area contributed by atoms with E-state index in [4.69, 9.17) is 4.74 Å². The number of esters is 1. The van der Waals surface area contributed by atoms with Crippen LogP contribution in [0.15, 0.2) is 53.9 Å². The SMILES string of the molecule is COC(=O)[C@H](C)N(C(=O)c1cccs1)c1c(C)ccc2ccccc12. The molecule has 0 fully saturated rings. The van der Waals surface area contributed by atoms with Crippen LogP contribution in [0, 0.1) is 6.92 Å². The third-order valence-corrected chi connectivity index (χ3v) is 5.08. The Bertz CT molecular complexity index is 918. The van der Waals surface area contributed by atoms with Gasteiger partial charge in [0.05, 0.1) is 17.7 Å². The van der Waals surface area contributed by atoms with Gasteiger partial charge in [0.25, 0.3) is 5.91 Å². The highest BCUT2D eigenvalue weighted by atomic mass is 32.1. The van der Waals surface area contributed by atoms with Gasteiger partial charge in [0.2, 0.25) is 0 Å². The fourth-order valence-corrected chi connectivity index (χ4v) is 3.61. The minimum atomic E-state index is -0.732. The van der Waals surface area contributed by atoms with Crippen LogP contribution in [0.5, 0.6) is 0 Å². The number of anilines is 1. The molecule has 5 heteroatoms. The van der Waals surface area contributed by atoms with Crippen LogP contribution in [0.1, 0.15) is 22.2 Å². The van der Waals surface area contributed by atoms with Crippen LogP contribution in [0.2, 0.25) is 0 Å². The molecule has 1 atom stereocenters. The van der Waals surface area contributed by atoms with Crippen LogP contribution < -0.4 is 4.90 Å². The summed E-state index contributed by atoms with van der Waals surface area (Å²) in [4.78, 5) is 27.6. The first-order valence-corrected chi connectivity index (χ1v) is 8.85. The number of benzene rings is 2. The zero-order valence-electron chi connectivity index (χ0n) is 14.4. The van der Waals surface area contributed by atoms with Gasteiger partial charge in [-0.15, -0.1) is 11.3 Å². The normalized spacial score (nSPS) is 12.0. The summed E-state index contributed by atoms with van der Waals surface area (Å²) in [5.74, 6) is -0.649. The minimum Gasteiger partial charge on any atom is -0.467 e. The summed E-state index contributed by atoms with van der Waals surface area (Å²) >= 11 is 1.36. The molecule has 2 aromatic carbocycles. The second-order valence-corrected chi connectivity index (χ2v) is 6.75. The Morgan fingerprint density at radius 1 is 1.08 bits per heavy atom. The Hall–Kier alpha value is -2.66. The Balaban J connectivity index is 2.23. The summed E-state index contributed by atoms with van der Waals surface area (Å²) in [5, 5.41) is 3.80. The molecule has 4 nitrogen and oxygen atoms in total. The molecule has 25 heavy (non-hydrogen) atoms. The van der Waals surface area contributed by atoms with E-state index >= 15 is 0 Å². The average Bonchev–Trinajstić information content (AvgIpc) is 3.17. The Labute approximate surface area is 150 Å². The van der Waals surface area contributed by atoms with E-state index in [1.165, 1.54) is 18.4 Å². The van der Waals surface area contributed by atoms with Crippen molar-refractivity contribution in [1.82, 2.24) is 0 Å². The molecule has 0 saturated heterocycles. The third-order valence-electron chi connectivity index (χ3n) is 4.22. The zero-order valence-corrected chi connectivity index (χ0v) is 15.2. The van der Waals surface area contributed by atoms with Gasteiger partial charge in [-0.25, -0.2) is 4.79 Å². The lowest BCUT2D eigenvalue weighted by Gasteiger charge is -2.29. The van der Waals surface area contributed by atoms with Gasteiger partial charge < -0.3 is 4.74 Å². The standard InChI is InChI=1S/C20H19NO3S/c1-13-10-11-15-7-4-5-8-16(15)18(13)21(14(2)20(23)24-3)19(22)17-9-6-12-25-17/h4-12,14H,1-3H3/t14-/m0/s1. The lowest BCUT2D eigenvalue weighted by atomic mass is 10.0. The Morgan fingerprint density at radius 3 is 2.52 bits per heavy atom. The summed E-state index contributed by atoms with van der Waals surface area (Å²) in [6, 6.07) is 14.7. The fraction of sp³-hybridized carbons (Fsp3) is 0.200. The van der Waals surface area contributed by atoms with Crippen molar-refractivity contribution in [2.24, 2.45) is 0 Å². The van der Waals surface area contributed by atoms with Crippen molar-refractivity contribution in [3.05, 3.63) is 64.4 Å². The lowest BCUT2D eigenvalue weighted by molar-refractivity contribution is -0.141. The van der Waals surface area contributed by atoms with Crippen LogP contribution in [-0.4, -0.2) is 25.0 Å². The number of carbonyl (C=O) groups is 2. The number of hydrogen-bond acceptors (Lipinski definition) is 4. The van der Waals surface area contributed by atoms with Crippen LogP contribution in [0.3, 0.4) is 0 Å². The number of fused-ring (bicyclic) bond motifs is 1. The van der Waals surface area contributed by atoms with Gasteiger partial charge >= 0.3 is 5.97 Å². The quantitative estimate of drug-likeness (QED) is 0.652. The lowest BCUT2D eigenvalue weighted by Crippen LogP contribution is -2.44. The summed E-state index contributed by atoms with van der Waals surface area (Å²) in [6.07, 6.45) is 0. The Morgan fingerprint density at radius 2 is 1.84 bits per heavy atom. The third kappa shape index (κ3) is 3.15. The van der Waals surface area contributed by atoms with Crippen molar-refractivity contribution in [1.29, 1.82) is 0 Å². The number of nitrogens with zero attached hydrogens (tertiary/aromatic N) is 1. The number of hydrogen-bond donors (Lipinski definition) is 0. The monoisotopic (exact) mass is 353 g/mol. The molecule has 0 saturated carbocycles. The van der Waals surface area contributed by atoms with E-state index in [1.54, 1.807) is 17.9 Å². The molecule has 0 N–H and O–H groups in total. The maximum Gasteiger partial charge on any atom is 0.328 e. The topological polar surface area (TPSA) is 46.6 Å². The van der Waals surface area contributed by atoms with Crippen molar-refractivity contribution < 1.29 is 14.3 Å². The first-order chi connectivity index (χ1) is 12.0. The summed E-state index contributed by atoms with van der Waals surface area (Å²) in [5.41, 5.74) is 1.67. The van der Waals surface area contributed by atoms with Crippen LogP contribution in [-0.2, 0) is 9.53 Å². The molecule has 0 spiro atoms. The van der Waals surface area contributed by atoms with Crippen LogP contribution in [0.25, 0.3) is 10.8 Å². The molecule has 0 radical (unpaired) electrons. The summed E-state index contributed by atoms with van der Waals surface area (Å²) in [6.45, 7) is 3.64. The molecule has 128 valence electrons. The van der Waals surface area contributed by atoms with Crippen molar-refractivity contribution in [3.63, 3.8) is 0 Å². The average molecular weight is 353 g/mol. The molecule has 0 aliphatic heterocycles. The van der Waals surface area contributed by atoms with Gasteiger partial charge in [-0.3, -0.25) is 9.69 Å². The maximum absolute atomic E-state index is 13.2. The first kappa shape index (κ1) is 17.2. The highest BCUT2D eigenvalue weighted by molar-refractivity contribution is 7.12. The van der Waals surface area contributed by atoms with E-state index in [0.29, 0.717) is 4.88 Å². The molecule has 1 amide bonds. The molecule has 0 unspecified atom stereocenters. The number of rotatable bonds is 4. The molecular weight excluding hydrogens is 334 g/mol. The van der Waals surface area contributed by atoms with Crippen molar-refractivity contribution in [2.75, 3.05) is 12.0 Å². The van der Waals surface area contributed by atoms with E-state index in [2.05, 4.69) is 0 Å². The largest absolute Gasteiger partial charge is 0.467 e. The van der Waals surface area contributed by atoms with E-state index in [9.17, 15) is 9.59 Å². The number of thiophene rings is 1. The fourth-order valence-electron chi connectivity index (χ4n) is 2.95. The minimum absolute atomic E-state index is 0.202.